The number of ketones is 2. The summed E-state index contributed by atoms with van der Waals surface area (Å²) in [6.07, 6.45) is 12.6. The van der Waals surface area contributed by atoms with E-state index >= 15 is 0 Å². The highest BCUT2D eigenvalue weighted by Crippen LogP contribution is 2.27. The molecule has 2 aromatic carbocycles. The molecule has 2 rings (SSSR count). The molecule has 0 fully saturated rings. The molecule has 2 aromatic rings. The lowest BCUT2D eigenvalue weighted by Crippen LogP contribution is -2.01. The quantitative estimate of drug-likeness (QED) is 0.289. The van der Waals surface area contributed by atoms with Crippen molar-refractivity contribution in [1.29, 1.82) is 0 Å². The van der Waals surface area contributed by atoms with Gasteiger partial charge < -0.3 is 19.7 Å². The third-order valence-electron chi connectivity index (χ3n) is 4.69. The lowest BCUT2D eigenvalue weighted by molar-refractivity contribution is -0.121. The standard InChI is InChI=1S/C27H28O6/c1-32-26-14-12-21(16-27(26)33-2)8-4-6-10-25(31)17-24(30)9-5-3-7-20-11-13-22(18-28)23(15-20)19-29/h3-16,28-29H,17-19H2,1-2H3/b7-3+,8-4+,9-5+,10-6+. The Kier molecular flexibility index (Phi) is 10.5. The number of methoxy groups -OCH3 is 2. The van der Waals surface area contributed by atoms with Crippen molar-refractivity contribution in [3.8, 4) is 11.5 Å². The molecule has 2 N–H and O–H groups in total. The maximum atomic E-state index is 12.0. The van der Waals surface area contributed by atoms with Gasteiger partial charge in [0.1, 0.15) is 0 Å². The second-order valence-corrected chi connectivity index (χ2v) is 7.00. The van der Waals surface area contributed by atoms with Gasteiger partial charge in [0.2, 0.25) is 0 Å². The third-order valence-corrected chi connectivity index (χ3v) is 4.69. The first kappa shape index (κ1) is 25.5. The monoisotopic (exact) mass is 448 g/mol. The predicted octanol–water partition coefficient (Wildman–Crippen LogP) is 4.06. The van der Waals surface area contributed by atoms with Crippen LogP contribution in [0.25, 0.3) is 12.2 Å². The molecule has 0 amide bonds. The molecule has 0 atom stereocenters. The second kappa shape index (κ2) is 13.6. The SMILES string of the molecule is COc1ccc(/C=C/C=C/C(=O)CC(=O)/C=C/C=C/c2ccc(CO)c(CO)c2)cc1OC. The van der Waals surface area contributed by atoms with Crippen LogP contribution in [0.5, 0.6) is 11.5 Å². The Balaban J connectivity index is 1.84. The second-order valence-electron chi connectivity index (χ2n) is 7.00. The molecule has 0 aliphatic rings. The number of allylic oxidation sites excluding steroid dienone is 6. The summed E-state index contributed by atoms with van der Waals surface area (Å²) in [7, 11) is 3.13. The number of hydrogen-bond acceptors (Lipinski definition) is 6. The minimum atomic E-state index is -0.301. The fraction of sp³-hybridized carbons (Fsp3) is 0.185. The summed E-state index contributed by atoms with van der Waals surface area (Å²) in [6.45, 7) is -0.298. The van der Waals surface area contributed by atoms with Gasteiger partial charge in [-0.3, -0.25) is 9.59 Å². The van der Waals surface area contributed by atoms with Crippen LogP contribution >= 0.6 is 0 Å². The van der Waals surface area contributed by atoms with E-state index in [1.807, 2.05) is 18.2 Å². The van der Waals surface area contributed by atoms with Gasteiger partial charge in [-0.25, -0.2) is 0 Å². The molecule has 0 aliphatic heterocycles. The van der Waals surface area contributed by atoms with Crippen molar-refractivity contribution >= 4 is 23.7 Å². The molecule has 6 heteroatoms. The Morgan fingerprint density at radius 1 is 0.727 bits per heavy atom. The third kappa shape index (κ3) is 8.37. The van der Waals surface area contributed by atoms with Crippen LogP contribution in [0.2, 0.25) is 0 Å². The maximum absolute atomic E-state index is 12.0. The van der Waals surface area contributed by atoms with E-state index in [4.69, 9.17) is 9.47 Å². The molecule has 0 spiro atoms. The van der Waals surface area contributed by atoms with E-state index in [1.165, 1.54) is 12.2 Å². The van der Waals surface area contributed by atoms with Gasteiger partial charge in [0.05, 0.1) is 33.9 Å². The molecule has 0 unspecified atom stereocenters. The average molecular weight is 449 g/mol. The van der Waals surface area contributed by atoms with Crippen molar-refractivity contribution in [3.63, 3.8) is 0 Å². The summed E-state index contributed by atoms with van der Waals surface area (Å²) < 4.78 is 10.4. The zero-order valence-electron chi connectivity index (χ0n) is 18.7. The van der Waals surface area contributed by atoms with E-state index in [9.17, 15) is 19.8 Å². The number of hydrogen-bond donors (Lipinski definition) is 2. The predicted molar refractivity (Wildman–Crippen MR) is 129 cm³/mol. The van der Waals surface area contributed by atoms with Crippen molar-refractivity contribution in [2.45, 2.75) is 19.6 Å². The van der Waals surface area contributed by atoms with Crippen LogP contribution in [0.3, 0.4) is 0 Å². The molecule has 0 heterocycles. The van der Waals surface area contributed by atoms with Gasteiger partial charge in [-0.1, -0.05) is 54.7 Å². The van der Waals surface area contributed by atoms with Gasteiger partial charge >= 0.3 is 0 Å². The van der Waals surface area contributed by atoms with E-state index in [1.54, 1.807) is 68.9 Å². The number of carbonyl (C=O) groups excluding carboxylic acids is 2. The topological polar surface area (TPSA) is 93.1 Å². The van der Waals surface area contributed by atoms with Crippen LogP contribution in [-0.2, 0) is 22.8 Å². The fourth-order valence-corrected chi connectivity index (χ4v) is 2.96. The number of benzene rings is 2. The van der Waals surface area contributed by atoms with Crippen molar-refractivity contribution in [3.05, 3.63) is 95.1 Å². The fourth-order valence-electron chi connectivity index (χ4n) is 2.96. The first-order valence-electron chi connectivity index (χ1n) is 10.3. The van der Waals surface area contributed by atoms with E-state index in [0.717, 1.165) is 11.1 Å². The molecule has 0 saturated heterocycles. The largest absolute Gasteiger partial charge is 0.493 e. The summed E-state index contributed by atoms with van der Waals surface area (Å²) in [5.74, 6) is 0.654. The van der Waals surface area contributed by atoms with Gasteiger partial charge in [0.15, 0.2) is 23.1 Å². The molecule has 0 radical (unpaired) electrons. The van der Waals surface area contributed by atoms with E-state index < -0.39 is 0 Å². The molecule has 0 aliphatic carbocycles. The van der Waals surface area contributed by atoms with Crippen LogP contribution in [0, 0.1) is 0 Å². The Morgan fingerprint density at radius 2 is 1.27 bits per heavy atom. The summed E-state index contributed by atoms with van der Waals surface area (Å²) >= 11 is 0. The molecule has 0 aromatic heterocycles. The summed E-state index contributed by atoms with van der Waals surface area (Å²) in [6, 6.07) is 10.8. The Morgan fingerprint density at radius 3 is 1.82 bits per heavy atom. The Hall–Kier alpha value is -3.74. The van der Waals surface area contributed by atoms with Gasteiger partial charge in [0, 0.05) is 0 Å². The maximum Gasteiger partial charge on any atom is 0.163 e. The Bertz CT molecular complexity index is 991. The van der Waals surface area contributed by atoms with Crippen molar-refractivity contribution in [2.75, 3.05) is 14.2 Å². The van der Waals surface area contributed by atoms with E-state index in [0.29, 0.717) is 22.6 Å². The molecular weight excluding hydrogens is 420 g/mol. The highest BCUT2D eigenvalue weighted by atomic mass is 16.5. The van der Waals surface area contributed by atoms with Crippen LogP contribution in [0.15, 0.2) is 72.9 Å². The lowest BCUT2D eigenvalue weighted by Gasteiger charge is -2.07. The van der Waals surface area contributed by atoms with Crippen LogP contribution in [0.4, 0.5) is 0 Å². The van der Waals surface area contributed by atoms with E-state index in [-0.39, 0.29) is 31.2 Å². The van der Waals surface area contributed by atoms with Crippen molar-refractivity contribution < 1.29 is 29.3 Å². The van der Waals surface area contributed by atoms with Gasteiger partial charge in [0.25, 0.3) is 0 Å². The number of rotatable bonds is 12. The van der Waals surface area contributed by atoms with Crippen LogP contribution < -0.4 is 9.47 Å². The van der Waals surface area contributed by atoms with Gasteiger partial charge in [-0.15, -0.1) is 0 Å². The molecule has 33 heavy (non-hydrogen) atoms. The molecule has 0 bridgehead atoms. The van der Waals surface area contributed by atoms with Crippen molar-refractivity contribution in [2.24, 2.45) is 0 Å². The molecular formula is C27H28O6. The minimum absolute atomic E-state index is 0.136. The first-order valence-corrected chi connectivity index (χ1v) is 10.3. The highest BCUT2D eigenvalue weighted by molar-refractivity contribution is 6.08. The smallest absolute Gasteiger partial charge is 0.163 e. The zero-order valence-corrected chi connectivity index (χ0v) is 18.7. The lowest BCUT2D eigenvalue weighted by atomic mass is 10.0. The number of carbonyl (C=O) groups is 2. The summed E-state index contributed by atoms with van der Waals surface area (Å²) in [5.41, 5.74) is 3.03. The molecule has 6 nitrogen and oxygen atoms in total. The average Bonchev–Trinajstić information content (AvgIpc) is 2.84. The number of ether oxygens (including phenoxy) is 2. The first-order chi connectivity index (χ1) is 16.0. The minimum Gasteiger partial charge on any atom is -0.493 e. The number of aliphatic hydroxyl groups excluding tert-OH is 2. The van der Waals surface area contributed by atoms with E-state index in [2.05, 4.69) is 0 Å². The number of aliphatic hydroxyl groups is 2. The highest BCUT2D eigenvalue weighted by Gasteiger charge is 2.04. The zero-order chi connectivity index (χ0) is 24.1. The molecule has 0 saturated carbocycles. The Labute approximate surface area is 193 Å². The van der Waals surface area contributed by atoms with Crippen LogP contribution in [-0.4, -0.2) is 36.0 Å². The normalized spacial score (nSPS) is 11.8. The van der Waals surface area contributed by atoms with Crippen molar-refractivity contribution in [1.82, 2.24) is 0 Å². The summed E-state index contributed by atoms with van der Waals surface area (Å²) in [5, 5.41) is 18.6. The van der Waals surface area contributed by atoms with Crippen LogP contribution in [0.1, 0.15) is 28.7 Å². The summed E-state index contributed by atoms with van der Waals surface area (Å²) in [4.78, 5) is 23.9. The van der Waals surface area contributed by atoms with Gasteiger partial charge in [-0.2, -0.15) is 0 Å². The van der Waals surface area contributed by atoms with Gasteiger partial charge in [-0.05, 0) is 52.6 Å². The molecule has 172 valence electrons.